The molecule has 11 heteroatoms. The van der Waals surface area contributed by atoms with Crippen LogP contribution in [-0.2, 0) is 17.4 Å². The second kappa shape index (κ2) is 10.8. The van der Waals surface area contributed by atoms with Crippen LogP contribution in [0.15, 0.2) is 10.4 Å². The fourth-order valence-corrected chi connectivity index (χ4v) is 4.03. The van der Waals surface area contributed by atoms with Crippen molar-refractivity contribution in [3.63, 3.8) is 0 Å². The number of nitrogens with zero attached hydrogens (tertiary/aromatic N) is 4. The minimum absolute atomic E-state index is 0.0256. The smallest absolute Gasteiger partial charge is 0.356 e. The molecule has 0 aliphatic carbocycles. The molecule has 29 heavy (non-hydrogen) atoms. The molecule has 1 aliphatic heterocycles. The second-order valence-corrected chi connectivity index (χ2v) is 8.02. The maximum atomic E-state index is 12.6. The van der Waals surface area contributed by atoms with E-state index < -0.39 is 11.9 Å². The van der Waals surface area contributed by atoms with E-state index in [1.807, 2.05) is 0 Å². The number of guanidine groups is 1. The Morgan fingerprint density at radius 2 is 2.10 bits per heavy atom. The third-order valence-corrected chi connectivity index (χ3v) is 5.61. The van der Waals surface area contributed by atoms with E-state index in [9.17, 15) is 18.0 Å². The first-order chi connectivity index (χ1) is 13.7. The van der Waals surface area contributed by atoms with E-state index in [0.717, 1.165) is 49.1 Å². The maximum absolute atomic E-state index is 12.6. The van der Waals surface area contributed by atoms with E-state index in [1.54, 1.807) is 26.0 Å². The highest BCUT2D eigenvalue weighted by molar-refractivity contribution is 7.09. The SMILES string of the molecule is CN=C(NCCCN1CCCC1C(=O)N(C)C)NCCc1nc(C(F)(F)F)cs1. The van der Waals surface area contributed by atoms with E-state index >= 15 is 0 Å². The zero-order chi connectivity index (χ0) is 21.4. The molecule has 0 aromatic carbocycles. The maximum Gasteiger partial charge on any atom is 0.434 e. The summed E-state index contributed by atoms with van der Waals surface area (Å²) in [5, 5.41) is 7.75. The molecule has 1 saturated heterocycles. The molecule has 7 nitrogen and oxygen atoms in total. The predicted octanol–water partition coefficient (Wildman–Crippen LogP) is 1.81. The summed E-state index contributed by atoms with van der Waals surface area (Å²) in [6.45, 7) is 2.89. The van der Waals surface area contributed by atoms with Crippen LogP contribution < -0.4 is 10.6 Å². The summed E-state index contributed by atoms with van der Waals surface area (Å²) in [5.74, 6) is 0.753. The Kier molecular flexibility index (Phi) is 8.69. The molecule has 164 valence electrons. The number of alkyl halides is 3. The van der Waals surface area contributed by atoms with Crippen molar-refractivity contribution in [2.24, 2.45) is 4.99 Å². The van der Waals surface area contributed by atoms with E-state index in [2.05, 4.69) is 25.5 Å². The molecule has 1 unspecified atom stereocenters. The van der Waals surface area contributed by atoms with Gasteiger partial charge in [0.05, 0.1) is 11.0 Å². The average Bonchev–Trinajstić information content (AvgIpc) is 3.32. The van der Waals surface area contributed by atoms with Crippen LogP contribution in [0.3, 0.4) is 0 Å². The van der Waals surface area contributed by atoms with Crippen LogP contribution in [0.4, 0.5) is 13.2 Å². The Labute approximate surface area is 173 Å². The van der Waals surface area contributed by atoms with E-state index in [4.69, 9.17) is 0 Å². The number of halogens is 3. The number of carbonyl (C=O) groups is 1. The quantitative estimate of drug-likeness (QED) is 0.371. The summed E-state index contributed by atoms with van der Waals surface area (Å²) in [7, 11) is 5.21. The first-order valence-electron chi connectivity index (χ1n) is 9.63. The zero-order valence-electron chi connectivity index (χ0n) is 17.1. The number of nitrogens with one attached hydrogen (secondary N) is 2. The van der Waals surface area contributed by atoms with Crippen molar-refractivity contribution in [2.75, 3.05) is 47.3 Å². The van der Waals surface area contributed by atoms with E-state index in [-0.39, 0.29) is 11.9 Å². The normalized spacial score (nSPS) is 18.1. The Morgan fingerprint density at radius 1 is 1.38 bits per heavy atom. The van der Waals surface area contributed by atoms with Crippen molar-refractivity contribution in [3.8, 4) is 0 Å². The Bertz CT molecular complexity index is 691. The zero-order valence-corrected chi connectivity index (χ0v) is 17.9. The number of rotatable bonds is 8. The molecule has 1 fully saturated rings. The molecule has 2 heterocycles. The predicted molar refractivity (Wildman–Crippen MR) is 108 cm³/mol. The first kappa shape index (κ1) is 23.4. The molecule has 1 aromatic heterocycles. The number of carbonyl (C=O) groups excluding carboxylic acids is 1. The number of likely N-dealkylation sites (tertiary alicyclic amines) is 1. The molecule has 1 atom stereocenters. The van der Waals surface area contributed by atoms with Gasteiger partial charge in [0.2, 0.25) is 5.91 Å². The molecule has 0 radical (unpaired) electrons. The van der Waals surface area contributed by atoms with Gasteiger partial charge < -0.3 is 15.5 Å². The van der Waals surface area contributed by atoms with Crippen LogP contribution in [0.5, 0.6) is 0 Å². The van der Waals surface area contributed by atoms with Crippen molar-refractivity contribution < 1.29 is 18.0 Å². The van der Waals surface area contributed by atoms with E-state index in [0.29, 0.717) is 30.5 Å². The summed E-state index contributed by atoms with van der Waals surface area (Å²) in [6, 6.07) is -0.0256. The summed E-state index contributed by atoms with van der Waals surface area (Å²) in [5.41, 5.74) is -0.840. The first-order valence-corrected chi connectivity index (χ1v) is 10.5. The molecule has 2 N–H and O–H groups in total. The lowest BCUT2D eigenvalue weighted by molar-refractivity contribution is -0.140. The summed E-state index contributed by atoms with van der Waals surface area (Å²) in [4.78, 5) is 23.8. The Hall–Kier alpha value is -1.88. The molecule has 0 saturated carbocycles. The number of thiazole rings is 1. The van der Waals surface area contributed by atoms with Gasteiger partial charge in [0.25, 0.3) is 0 Å². The molecule has 1 amide bonds. The van der Waals surface area contributed by atoms with Crippen LogP contribution in [-0.4, -0.2) is 80.0 Å². The summed E-state index contributed by atoms with van der Waals surface area (Å²) in [6.07, 6.45) is -1.21. The topological polar surface area (TPSA) is 72.9 Å². The van der Waals surface area contributed by atoms with Gasteiger partial charge in [-0.3, -0.25) is 14.7 Å². The number of amides is 1. The largest absolute Gasteiger partial charge is 0.434 e. The van der Waals surface area contributed by atoms with Crippen LogP contribution in [0.25, 0.3) is 0 Å². The number of likely N-dealkylation sites (N-methyl/N-ethyl adjacent to an activating group) is 1. The van der Waals surface area contributed by atoms with Crippen molar-refractivity contribution >= 4 is 23.2 Å². The van der Waals surface area contributed by atoms with Crippen LogP contribution in [0.2, 0.25) is 0 Å². The number of aliphatic imine (C=N–C) groups is 1. The van der Waals surface area contributed by atoms with Crippen molar-refractivity contribution in [2.45, 2.75) is 37.9 Å². The minimum atomic E-state index is -4.40. The van der Waals surface area contributed by atoms with Gasteiger partial charge in [-0.1, -0.05) is 0 Å². The van der Waals surface area contributed by atoms with Crippen molar-refractivity contribution in [1.82, 2.24) is 25.4 Å². The van der Waals surface area contributed by atoms with Crippen LogP contribution in [0, 0.1) is 0 Å². The van der Waals surface area contributed by atoms with Gasteiger partial charge in [0.15, 0.2) is 11.7 Å². The molecular weight excluding hydrogens is 405 g/mol. The van der Waals surface area contributed by atoms with Crippen LogP contribution >= 0.6 is 11.3 Å². The highest BCUT2D eigenvalue weighted by Crippen LogP contribution is 2.30. The highest BCUT2D eigenvalue weighted by atomic mass is 32.1. The lowest BCUT2D eigenvalue weighted by Gasteiger charge is -2.26. The van der Waals surface area contributed by atoms with Gasteiger partial charge in [-0.25, -0.2) is 4.98 Å². The molecule has 1 aliphatic rings. The third kappa shape index (κ3) is 7.14. The standard InChI is InChI=1S/C18H29F3N6OS/c1-22-17(24-9-7-15-25-14(12-29-15)18(19,20)21)23-8-5-11-27-10-4-6-13(27)16(28)26(2)3/h12-13H,4-11H2,1-3H3,(H2,22,23,24). The van der Waals surface area contributed by atoms with Gasteiger partial charge in [-0.15, -0.1) is 11.3 Å². The lowest BCUT2D eigenvalue weighted by atomic mass is 10.2. The molecule has 0 bridgehead atoms. The molecule has 2 rings (SSSR count). The average molecular weight is 435 g/mol. The van der Waals surface area contributed by atoms with Crippen LogP contribution in [0.1, 0.15) is 30.0 Å². The Balaban J connectivity index is 1.66. The van der Waals surface area contributed by atoms with Gasteiger partial charge >= 0.3 is 6.18 Å². The van der Waals surface area contributed by atoms with E-state index in [1.165, 1.54) is 0 Å². The third-order valence-electron chi connectivity index (χ3n) is 4.70. The number of hydrogen-bond acceptors (Lipinski definition) is 5. The minimum Gasteiger partial charge on any atom is -0.356 e. The second-order valence-electron chi connectivity index (χ2n) is 7.08. The van der Waals surface area contributed by atoms with Crippen molar-refractivity contribution in [3.05, 3.63) is 16.1 Å². The fraction of sp³-hybridized carbons (Fsp3) is 0.722. The van der Waals surface area contributed by atoms with Crippen molar-refractivity contribution in [1.29, 1.82) is 0 Å². The van der Waals surface area contributed by atoms with Gasteiger partial charge in [0.1, 0.15) is 0 Å². The summed E-state index contributed by atoms with van der Waals surface area (Å²) >= 11 is 1.01. The van der Waals surface area contributed by atoms with Gasteiger partial charge in [-0.2, -0.15) is 13.2 Å². The van der Waals surface area contributed by atoms with Gasteiger partial charge in [-0.05, 0) is 25.8 Å². The fourth-order valence-electron chi connectivity index (χ4n) is 3.22. The molecule has 0 spiro atoms. The lowest BCUT2D eigenvalue weighted by Crippen LogP contribution is -2.44. The highest BCUT2D eigenvalue weighted by Gasteiger charge is 2.33. The number of aromatic nitrogens is 1. The Morgan fingerprint density at radius 3 is 2.72 bits per heavy atom. The number of hydrogen-bond donors (Lipinski definition) is 2. The summed E-state index contributed by atoms with van der Waals surface area (Å²) < 4.78 is 37.7. The molecular formula is C18H29F3N6OS. The monoisotopic (exact) mass is 434 g/mol. The van der Waals surface area contributed by atoms with Gasteiger partial charge in [0, 0.05) is 52.6 Å². The molecule has 1 aromatic rings.